The summed E-state index contributed by atoms with van der Waals surface area (Å²) in [5.74, 6) is 1.84. The van der Waals surface area contributed by atoms with Gasteiger partial charge in [-0.1, -0.05) is 24.3 Å². The summed E-state index contributed by atoms with van der Waals surface area (Å²) in [6.45, 7) is 1.98. The number of rotatable bonds is 7. The Balaban J connectivity index is 1.47. The van der Waals surface area contributed by atoms with Crippen LogP contribution < -0.4 is 21.1 Å². The second-order valence-corrected chi connectivity index (χ2v) is 8.47. The molecule has 0 radical (unpaired) electrons. The fourth-order valence-electron chi connectivity index (χ4n) is 4.25. The van der Waals surface area contributed by atoms with Crippen molar-refractivity contribution in [2.24, 2.45) is 5.73 Å². The zero-order chi connectivity index (χ0) is 24.4. The van der Waals surface area contributed by atoms with Gasteiger partial charge in [-0.3, -0.25) is 4.79 Å². The number of ether oxygens (including phenoxy) is 1. The first-order valence-corrected chi connectivity index (χ1v) is 11.4. The number of para-hydroxylation sites is 1. The molecule has 2 aromatic rings. The van der Waals surface area contributed by atoms with Crippen LogP contribution in [0.1, 0.15) is 22.3 Å². The molecule has 3 aliphatic rings. The van der Waals surface area contributed by atoms with Crippen LogP contribution in [0.4, 0.5) is 23.1 Å². The van der Waals surface area contributed by atoms with Gasteiger partial charge in [0.05, 0.1) is 29.6 Å². The third kappa shape index (κ3) is 4.67. The molecule has 3 heterocycles. The van der Waals surface area contributed by atoms with Gasteiger partial charge in [-0.15, -0.1) is 0 Å². The zero-order valence-corrected chi connectivity index (χ0v) is 19.6. The van der Waals surface area contributed by atoms with Crippen LogP contribution in [-0.4, -0.2) is 53.0 Å². The number of fused-ring (bicyclic) bond motifs is 1. The maximum Gasteiger partial charge on any atom is 0.250 e. The molecule has 0 fully saturated rings. The van der Waals surface area contributed by atoms with E-state index < -0.39 is 5.91 Å². The molecule has 1 amide bonds. The SMILES string of the molecule is COc1cc(C2=CCCN(C)C2)ccc1Nc1nc(Nc2ccccc2C(N)=O)c2ccnc-2[nH]1. The summed E-state index contributed by atoms with van der Waals surface area (Å²) in [6.07, 6.45) is 5.02. The van der Waals surface area contributed by atoms with E-state index >= 15 is 0 Å². The maximum atomic E-state index is 11.9. The summed E-state index contributed by atoms with van der Waals surface area (Å²) in [6, 6.07) is 15.0. The maximum absolute atomic E-state index is 11.9. The van der Waals surface area contributed by atoms with Gasteiger partial charge in [0.2, 0.25) is 5.95 Å². The van der Waals surface area contributed by atoms with Crippen molar-refractivity contribution in [1.29, 1.82) is 0 Å². The van der Waals surface area contributed by atoms with Crippen LogP contribution in [0.15, 0.2) is 60.8 Å². The molecule has 0 saturated carbocycles. The number of hydrogen-bond acceptors (Lipinski definition) is 7. The molecule has 35 heavy (non-hydrogen) atoms. The van der Waals surface area contributed by atoms with Gasteiger partial charge in [0.1, 0.15) is 17.4 Å². The van der Waals surface area contributed by atoms with E-state index in [0.29, 0.717) is 34.6 Å². The number of nitrogens with one attached hydrogen (secondary N) is 3. The molecule has 0 saturated heterocycles. The van der Waals surface area contributed by atoms with E-state index in [1.807, 2.05) is 24.3 Å². The molecule has 9 nitrogen and oxygen atoms in total. The second kappa shape index (κ2) is 9.47. The predicted octanol–water partition coefficient (Wildman–Crippen LogP) is 4.22. The van der Waals surface area contributed by atoms with E-state index in [1.165, 1.54) is 5.57 Å². The van der Waals surface area contributed by atoms with Crippen molar-refractivity contribution >= 4 is 34.6 Å². The van der Waals surface area contributed by atoms with Gasteiger partial charge in [-0.2, -0.15) is 4.98 Å². The minimum atomic E-state index is -0.519. The highest BCUT2D eigenvalue weighted by molar-refractivity contribution is 5.99. The molecule has 0 atom stereocenters. The first kappa shape index (κ1) is 22.4. The molecule has 0 unspecified atom stereocenters. The Morgan fingerprint density at radius 2 is 2.00 bits per heavy atom. The highest BCUT2D eigenvalue weighted by Crippen LogP contribution is 2.34. The van der Waals surface area contributed by atoms with E-state index in [1.54, 1.807) is 31.5 Å². The molecule has 0 aliphatic carbocycles. The fourth-order valence-corrected chi connectivity index (χ4v) is 4.25. The molecule has 2 aromatic carbocycles. The second-order valence-electron chi connectivity index (χ2n) is 8.47. The molecule has 0 bridgehead atoms. The summed E-state index contributed by atoms with van der Waals surface area (Å²) in [5, 5.41) is 6.55. The van der Waals surface area contributed by atoms with Crippen LogP contribution in [0.5, 0.6) is 5.75 Å². The van der Waals surface area contributed by atoms with E-state index in [4.69, 9.17) is 15.5 Å². The molecule has 0 spiro atoms. The summed E-state index contributed by atoms with van der Waals surface area (Å²) < 4.78 is 5.69. The number of anilines is 4. The number of aromatic nitrogens is 3. The Labute approximate surface area is 203 Å². The smallest absolute Gasteiger partial charge is 0.250 e. The van der Waals surface area contributed by atoms with Gasteiger partial charge in [-0.05, 0) is 54.9 Å². The fraction of sp³-hybridized carbons (Fsp3) is 0.192. The van der Waals surface area contributed by atoms with Gasteiger partial charge >= 0.3 is 0 Å². The Morgan fingerprint density at radius 1 is 1.14 bits per heavy atom. The standard InChI is InChI=1S/C26H27N7O2/c1-33-13-5-6-17(15-33)16-9-10-21(22(14-16)35-2)30-26-31-24-19(11-12-28-24)25(32-26)29-20-8-4-3-7-18(20)23(27)34/h3-4,6-12,14H,5,13,15H2,1-2H3,(H2,27,34)(H3,28,29,30,31,32). The number of aromatic amines is 1. The van der Waals surface area contributed by atoms with Crippen LogP contribution in [0, 0.1) is 0 Å². The number of likely N-dealkylation sites (N-methyl/N-ethyl adjacent to an activating group) is 1. The highest BCUT2D eigenvalue weighted by atomic mass is 16.5. The number of carbonyl (C=O) groups is 1. The highest BCUT2D eigenvalue weighted by Gasteiger charge is 2.18. The van der Waals surface area contributed by atoms with Crippen LogP contribution in [0.25, 0.3) is 17.0 Å². The van der Waals surface area contributed by atoms with Crippen LogP contribution in [-0.2, 0) is 0 Å². The normalized spacial score (nSPS) is 13.9. The lowest BCUT2D eigenvalue weighted by Gasteiger charge is -2.23. The quantitative estimate of drug-likeness (QED) is 0.320. The average molecular weight is 470 g/mol. The number of hydrogen-bond donors (Lipinski definition) is 4. The Hall–Kier alpha value is -4.37. The van der Waals surface area contributed by atoms with Gasteiger partial charge in [0.15, 0.2) is 0 Å². The van der Waals surface area contributed by atoms with Crippen molar-refractivity contribution in [3.05, 3.63) is 71.9 Å². The third-order valence-corrected chi connectivity index (χ3v) is 6.03. The predicted molar refractivity (Wildman–Crippen MR) is 138 cm³/mol. The van der Waals surface area contributed by atoms with Gasteiger partial charge in [-0.25, -0.2) is 4.98 Å². The summed E-state index contributed by atoms with van der Waals surface area (Å²) in [4.78, 5) is 26.5. The van der Waals surface area contributed by atoms with Crippen molar-refractivity contribution in [2.75, 3.05) is 37.9 Å². The number of benzene rings is 2. The van der Waals surface area contributed by atoms with Crippen molar-refractivity contribution in [2.45, 2.75) is 6.42 Å². The van der Waals surface area contributed by atoms with E-state index in [0.717, 1.165) is 36.3 Å². The molecular formula is C26H27N7O2. The van der Waals surface area contributed by atoms with Crippen molar-refractivity contribution in [3.63, 3.8) is 0 Å². The minimum absolute atomic E-state index is 0.379. The van der Waals surface area contributed by atoms with Crippen molar-refractivity contribution in [3.8, 4) is 17.1 Å². The van der Waals surface area contributed by atoms with Crippen molar-refractivity contribution < 1.29 is 9.53 Å². The van der Waals surface area contributed by atoms with Crippen LogP contribution in [0.2, 0.25) is 0 Å². The Kier molecular flexibility index (Phi) is 6.07. The van der Waals surface area contributed by atoms with Crippen molar-refractivity contribution in [1.82, 2.24) is 19.9 Å². The molecule has 178 valence electrons. The number of methoxy groups -OCH3 is 1. The lowest BCUT2D eigenvalue weighted by Crippen LogP contribution is -2.24. The number of nitrogens with two attached hydrogens (primary N) is 1. The summed E-state index contributed by atoms with van der Waals surface area (Å²) >= 11 is 0. The van der Waals surface area contributed by atoms with E-state index in [9.17, 15) is 4.79 Å². The lowest BCUT2D eigenvalue weighted by atomic mass is 10.0. The first-order chi connectivity index (χ1) is 17.0. The molecular weight excluding hydrogens is 442 g/mol. The zero-order valence-electron chi connectivity index (χ0n) is 19.6. The van der Waals surface area contributed by atoms with Gasteiger partial charge in [0, 0.05) is 19.3 Å². The van der Waals surface area contributed by atoms with Crippen LogP contribution in [0.3, 0.4) is 0 Å². The minimum Gasteiger partial charge on any atom is -0.495 e. The number of H-pyrrole nitrogens is 1. The van der Waals surface area contributed by atoms with E-state index in [2.05, 4.69) is 44.7 Å². The Bertz CT molecular complexity index is 1380. The molecule has 0 aromatic heterocycles. The molecule has 9 heteroatoms. The van der Waals surface area contributed by atoms with Crippen LogP contribution >= 0.6 is 0 Å². The lowest BCUT2D eigenvalue weighted by molar-refractivity contribution is 0.100. The largest absolute Gasteiger partial charge is 0.495 e. The third-order valence-electron chi connectivity index (χ3n) is 6.03. The van der Waals surface area contributed by atoms with Gasteiger partial charge in [0.25, 0.3) is 5.91 Å². The van der Waals surface area contributed by atoms with Gasteiger partial charge < -0.3 is 31.0 Å². The number of nitrogens with zero attached hydrogens (tertiary/aromatic N) is 3. The first-order valence-electron chi connectivity index (χ1n) is 11.4. The number of carbonyl (C=O) groups excluding carboxylic acids is 1. The molecule has 3 aliphatic heterocycles. The Morgan fingerprint density at radius 3 is 2.80 bits per heavy atom. The number of primary amides is 1. The summed E-state index contributed by atoms with van der Waals surface area (Å²) in [7, 11) is 3.78. The topological polar surface area (TPSA) is 121 Å². The monoisotopic (exact) mass is 469 g/mol. The molecule has 5 N–H and O–H groups in total. The molecule has 5 rings (SSSR count). The number of amides is 1. The van der Waals surface area contributed by atoms with E-state index in [-0.39, 0.29) is 0 Å². The summed E-state index contributed by atoms with van der Waals surface area (Å²) in [5.41, 5.74) is 10.5. The average Bonchev–Trinajstić information content (AvgIpc) is 3.33.